The minimum absolute atomic E-state index is 0.707. The van der Waals surface area contributed by atoms with Gasteiger partial charge < -0.3 is 5.32 Å². The maximum absolute atomic E-state index is 3.78. The van der Waals surface area contributed by atoms with E-state index < -0.39 is 0 Å². The molecule has 2 heteroatoms. The first-order valence-electron chi connectivity index (χ1n) is 8.59. The Kier molecular flexibility index (Phi) is 5.70. The Hall–Kier alpha value is -0.0800. The summed E-state index contributed by atoms with van der Waals surface area (Å²) >= 11 is 0. The van der Waals surface area contributed by atoms with Crippen LogP contribution in [0.2, 0.25) is 0 Å². The van der Waals surface area contributed by atoms with Gasteiger partial charge in [-0.15, -0.1) is 0 Å². The van der Waals surface area contributed by atoms with Crippen molar-refractivity contribution in [3.63, 3.8) is 0 Å². The van der Waals surface area contributed by atoms with Crippen LogP contribution in [0.1, 0.15) is 59.8 Å². The Balaban J connectivity index is 1.97. The fourth-order valence-corrected chi connectivity index (χ4v) is 4.14. The first-order valence-corrected chi connectivity index (χ1v) is 8.59. The van der Waals surface area contributed by atoms with Crippen LogP contribution in [0.5, 0.6) is 0 Å². The highest BCUT2D eigenvalue weighted by atomic mass is 15.2. The summed E-state index contributed by atoms with van der Waals surface area (Å²) in [6.07, 6.45) is 6.92. The fraction of sp³-hybridized carbons (Fsp3) is 1.00. The van der Waals surface area contributed by atoms with Gasteiger partial charge in [-0.3, -0.25) is 4.90 Å². The van der Waals surface area contributed by atoms with Crippen LogP contribution in [-0.2, 0) is 0 Å². The monoisotopic (exact) mass is 266 g/mol. The molecule has 2 aliphatic rings. The Labute approximate surface area is 120 Å². The average molecular weight is 266 g/mol. The van der Waals surface area contributed by atoms with E-state index in [9.17, 15) is 0 Å². The van der Waals surface area contributed by atoms with Crippen LogP contribution in [0.4, 0.5) is 0 Å². The highest BCUT2D eigenvalue weighted by molar-refractivity contribution is 4.88. The molecule has 0 spiro atoms. The number of nitrogens with one attached hydrogen (secondary N) is 1. The summed E-state index contributed by atoms with van der Waals surface area (Å²) in [5.41, 5.74) is 0. The first kappa shape index (κ1) is 15.3. The van der Waals surface area contributed by atoms with Crippen LogP contribution in [-0.4, -0.2) is 36.6 Å². The molecule has 0 radical (unpaired) electrons. The van der Waals surface area contributed by atoms with Crippen LogP contribution in [0, 0.1) is 17.8 Å². The molecule has 1 aliphatic heterocycles. The average Bonchev–Trinajstić information content (AvgIpc) is 2.63. The van der Waals surface area contributed by atoms with Crippen molar-refractivity contribution in [3.05, 3.63) is 0 Å². The van der Waals surface area contributed by atoms with Crippen LogP contribution in [0.25, 0.3) is 0 Å². The predicted octanol–water partition coefficient (Wildman–Crippen LogP) is 3.52. The maximum atomic E-state index is 3.78. The lowest BCUT2D eigenvalue weighted by Crippen LogP contribution is -2.48. The van der Waals surface area contributed by atoms with Gasteiger partial charge >= 0.3 is 0 Å². The second kappa shape index (κ2) is 7.08. The molecule has 0 aromatic heterocycles. The molecule has 112 valence electrons. The van der Waals surface area contributed by atoms with Gasteiger partial charge in [0.15, 0.2) is 0 Å². The SMILES string of the molecule is CCC(C)C1CN(C2CCC(C)CC2C)CCCN1. The van der Waals surface area contributed by atoms with Crippen molar-refractivity contribution in [3.8, 4) is 0 Å². The summed E-state index contributed by atoms with van der Waals surface area (Å²) < 4.78 is 0. The summed E-state index contributed by atoms with van der Waals surface area (Å²) in [4.78, 5) is 2.83. The Bertz CT molecular complexity index is 266. The molecule has 5 unspecified atom stereocenters. The summed E-state index contributed by atoms with van der Waals surface area (Å²) in [5.74, 6) is 2.64. The zero-order valence-corrected chi connectivity index (χ0v) is 13.5. The van der Waals surface area contributed by atoms with E-state index in [0.717, 1.165) is 23.8 Å². The third kappa shape index (κ3) is 3.95. The summed E-state index contributed by atoms with van der Waals surface area (Å²) in [6, 6.07) is 1.56. The lowest BCUT2D eigenvalue weighted by Gasteiger charge is -2.41. The third-order valence-electron chi connectivity index (χ3n) is 5.65. The molecule has 1 aliphatic carbocycles. The number of rotatable bonds is 3. The quantitative estimate of drug-likeness (QED) is 0.841. The van der Waals surface area contributed by atoms with Gasteiger partial charge in [0.05, 0.1) is 0 Å². The van der Waals surface area contributed by atoms with Gasteiger partial charge in [0, 0.05) is 18.6 Å². The third-order valence-corrected chi connectivity index (χ3v) is 5.65. The maximum Gasteiger partial charge on any atom is 0.0220 e. The number of nitrogens with zero attached hydrogens (tertiary/aromatic N) is 1. The predicted molar refractivity (Wildman–Crippen MR) is 83.4 cm³/mol. The highest BCUT2D eigenvalue weighted by Gasteiger charge is 2.32. The summed E-state index contributed by atoms with van der Waals surface area (Å²) in [6.45, 7) is 13.4. The fourth-order valence-electron chi connectivity index (χ4n) is 4.14. The van der Waals surface area contributed by atoms with E-state index in [1.54, 1.807) is 0 Å². The molecule has 1 N–H and O–H groups in total. The van der Waals surface area contributed by atoms with Gasteiger partial charge in [-0.25, -0.2) is 0 Å². The molecule has 1 heterocycles. The Morgan fingerprint density at radius 3 is 2.74 bits per heavy atom. The second-order valence-electron chi connectivity index (χ2n) is 7.26. The number of hydrogen-bond acceptors (Lipinski definition) is 2. The van der Waals surface area contributed by atoms with Crippen LogP contribution >= 0.6 is 0 Å². The Morgan fingerprint density at radius 1 is 1.26 bits per heavy atom. The van der Waals surface area contributed by atoms with E-state index in [-0.39, 0.29) is 0 Å². The summed E-state index contributed by atoms with van der Waals surface area (Å²) in [7, 11) is 0. The Morgan fingerprint density at radius 2 is 2.05 bits per heavy atom. The topological polar surface area (TPSA) is 15.3 Å². The second-order valence-corrected chi connectivity index (χ2v) is 7.26. The molecule has 5 atom stereocenters. The first-order chi connectivity index (χ1) is 9.11. The molecule has 0 aromatic carbocycles. The molecular weight excluding hydrogens is 232 g/mol. The molecule has 0 amide bonds. The van der Waals surface area contributed by atoms with Crippen LogP contribution < -0.4 is 5.32 Å². The van der Waals surface area contributed by atoms with E-state index >= 15 is 0 Å². The molecule has 2 fully saturated rings. The van der Waals surface area contributed by atoms with E-state index in [1.165, 1.54) is 51.7 Å². The van der Waals surface area contributed by atoms with Crippen molar-refractivity contribution in [1.29, 1.82) is 0 Å². The lowest BCUT2D eigenvalue weighted by atomic mass is 9.79. The molecule has 2 rings (SSSR count). The minimum Gasteiger partial charge on any atom is -0.312 e. The van der Waals surface area contributed by atoms with Gasteiger partial charge in [-0.2, -0.15) is 0 Å². The van der Waals surface area contributed by atoms with E-state index in [0.29, 0.717) is 6.04 Å². The van der Waals surface area contributed by atoms with Gasteiger partial charge in [0.25, 0.3) is 0 Å². The van der Waals surface area contributed by atoms with Crippen molar-refractivity contribution in [2.24, 2.45) is 17.8 Å². The zero-order valence-electron chi connectivity index (χ0n) is 13.5. The van der Waals surface area contributed by atoms with Crippen molar-refractivity contribution in [1.82, 2.24) is 10.2 Å². The molecule has 1 saturated carbocycles. The van der Waals surface area contributed by atoms with E-state index in [1.807, 2.05) is 0 Å². The molecule has 0 bridgehead atoms. The zero-order chi connectivity index (χ0) is 13.8. The molecular formula is C17H34N2. The van der Waals surface area contributed by atoms with Crippen molar-refractivity contribution >= 4 is 0 Å². The normalized spacial score (nSPS) is 39.8. The van der Waals surface area contributed by atoms with E-state index in [2.05, 4.69) is 37.9 Å². The standard InChI is InChI=1S/C17H34N2/c1-5-14(3)16-12-19(10-6-9-18-16)17-8-7-13(2)11-15(17)4/h13-18H,5-12H2,1-4H3. The molecule has 19 heavy (non-hydrogen) atoms. The molecule has 0 aromatic rings. The van der Waals surface area contributed by atoms with E-state index in [4.69, 9.17) is 0 Å². The van der Waals surface area contributed by atoms with Gasteiger partial charge in [-0.1, -0.05) is 34.1 Å². The smallest absolute Gasteiger partial charge is 0.0220 e. The largest absolute Gasteiger partial charge is 0.312 e. The van der Waals surface area contributed by atoms with Gasteiger partial charge in [0.2, 0.25) is 0 Å². The van der Waals surface area contributed by atoms with Crippen LogP contribution in [0.15, 0.2) is 0 Å². The van der Waals surface area contributed by atoms with Crippen molar-refractivity contribution < 1.29 is 0 Å². The lowest BCUT2D eigenvalue weighted by molar-refractivity contribution is 0.0862. The van der Waals surface area contributed by atoms with Gasteiger partial charge in [-0.05, 0) is 56.5 Å². The highest BCUT2D eigenvalue weighted by Crippen LogP contribution is 2.32. The molecule has 2 nitrogen and oxygen atoms in total. The van der Waals surface area contributed by atoms with Crippen LogP contribution in [0.3, 0.4) is 0 Å². The van der Waals surface area contributed by atoms with Crippen molar-refractivity contribution in [2.75, 3.05) is 19.6 Å². The van der Waals surface area contributed by atoms with Gasteiger partial charge in [0.1, 0.15) is 0 Å². The minimum atomic E-state index is 0.707. The molecule has 1 saturated heterocycles. The summed E-state index contributed by atoms with van der Waals surface area (Å²) in [5, 5.41) is 3.78. The van der Waals surface area contributed by atoms with Crippen molar-refractivity contribution in [2.45, 2.75) is 71.9 Å². The number of hydrogen-bond donors (Lipinski definition) is 1.